The Bertz CT molecular complexity index is 430. The zero-order valence-corrected chi connectivity index (χ0v) is 10.4. The Labute approximate surface area is 103 Å². The van der Waals surface area contributed by atoms with Crippen molar-refractivity contribution in [3.05, 3.63) is 47.5 Å². The molecule has 17 heavy (non-hydrogen) atoms. The Hall–Kier alpha value is -1.83. The van der Waals surface area contributed by atoms with Crippen molar-refractivity contribution in [1.29, 1.82) is 0 Å². The highest BCUT2D eigenvalue weighted by Crippen LogP contribution is 2.14. The first kappa shape index (κ1) is 13.2. The number of carbonyl (C=O) groups excluding carboxylic acids is 1. The van der Waals surface area contributed by atoms with Gasteiger partial charge in [-0.25, -0.2) is 4.79 Å². The summed E-state index contributed by atoms with van der Waals surface area (Å²) >= 11 is 0. The Morgan fingerprint density at radius 1 is 1.35 bits per heavy atom. The van der Waals surface area contributed by atoms with Crippen LogP contribution in [0.2, 0.25) is 0 Å². The molecule has 0 heterocycles. The van der Waals surface area contributed by atoms with Crippen LogP contribution in [0.15, 0.2) is 36.4 Å². The van der Waals surface area contributed by atoms with E-state index in [9.17, 15) is 4.79 Å². The van der Waals surface area contributed by atoms with Gasteiger partial charge in [-0.15, -0.1) is 0 Å². The fourth-order valence-corrected chi connectivity index (χ4v) is 1.43. The number of rotatable bonds is 5. The Morgan fingerprint density at radius 3 is 2.59 bits per heavy atom. The predicted molar refractivity (Wildman–Crippen MR) is 71.4 cm³/mol. The van der Waals surface area contributed by atoms with E-state index in [0.29, 0.717) is 12.2 Å². The van der Waals surface area contributed by atoms with Crippen LogP contribution in [0.3, 0.4) is 0 Å². The van der Waals surface area contributed by atoms with E-state index < -0.39 is 0 Å². The van der Waals surface area contributed by atoms with Gasteiger partial charge in [-0.3, -0.25) is 0 Å². The molecule has 0 radical (unpaired) electrons. The molecule has 0 aliphatic carbocycles. The number of ether oxygens (including phenoxy) is 1. The molecule has 0 aromatic heterocycles. The van der Waals surface area contributed by atoms with Crippen molar-refractivity contribution in [3.63, 3.8) is 0 Å². The molecule has 2 heteroatoms. The zero-order valence-electron chi connectivity index (χ0n) is 10.4. The molecule has 0 spiro atoms. The van der Waals surface area contributed by atoms with Gasteiger partial charge in [0, 0.05) is 5.57 Å². The number of carbonyl (C=O) groups is 1. The summed E-state index contributed by atoms with van der Waals surface area (Å²) < 4.78 is 5.07. The van der Waals surface area contributed by atoms with Gasteiger partial charge in [0.2, 0.25) is 0 Å². The maximum Gasteiger partial charge on any atom is 0.333 e. The van der Waals surface area contributed by atoms with E-state index in [0.717, 1.165) is 17.5 Å². The highest BCUT2D eigenvalue weighted by molar-refractivity contribution is 5.93. The lowest BCUT2D eigenvalue weighted by atomic mass is 10.1. The fourth-order valence-electron chi connectivity index (χ4n) is 1.43. The van der Waals surface area contributed by atoms with E-state index >= 15 is 0 Å². The molecule has 0 N–H and O–H groups in total. The molecular formula is C15H18O2. The lowest BCUT2D eigenvalue weighted by molar-refractivity contribution is -0.138. The van der Waals surface area contributed by atoms with E-state index in [1.165, 1.54) is 0 Å². The van der Waals surface area contributed by atoms with E-state index in [1.807, 2.05) is 37.3 Å². The van der Waals surface area contributed by atoms with Gasteiger partial charge in [0.15, 0.2) is 0 Å². The van der Waals surface area contributed by atoms with Crippen LogP contribution in [-0.4, -0.2) is 12.6 Å². The molecule has 90 valence electrons. The molecule has 0 aliphatic heterocycles. The van der Waals surface area contributed by atoms with Crippen molar-refractivity contribution in [2.75, 3.05) is 6.61 Å². The van der Waals surface area contributed by atoms with Crippen LogP contribution in [0.1, 0.15) is 31.4 Å². The van der Waals surface area contributed by atoms with Crippen LogP contribution in [-0.2, 0) is 9.53 Å². The summed E-state index contributed by atoms with van der Waals surface area (Å²) in [5.41, 5.74) is 2.59. The minimum absolute atomic E-state index is 0.259. The van der Waals surface area contributed by atoms with E-state index in [2.05, 4.69) is 6.58 Å². The molecule has 0 aliphatic rings. The monoisotopic (exact) mass is 230 g/mol. The molecule has 0 unspecified atom stereocenters. The average molecular weight is 230 g/mol. The minimum atomic E-state index is -0.259. The minimum Gasteiger partial charge on any atom is -0.462 e. The van der Waals surface area contributed by atoms with Crippen LogP contribution in [0.5, 0.6) is 0 Å². The molecule has 0 fully saturated rings. The summed E-state index contributed by atoms with van der Waals surface area (Å²) in [6, 6.07) is 7.79. The Balaban J connectivity index is 2.86. The molecule has 0 saturated heterocycles. The van der Waals surface area contributed by atoms with Crippen molar-refractivity contribution < 1.29 is 9.53 Å². The normalized spacial score (nSPS) is 11.1. The zero-order chi connectivity index (χ0) is 12.7. The summed E-state index contributed by atoms with van der Waals surface area (Å²) in [5, 5.41) is 0. The molecule has 0 atom stereocenters. The Morgan fingerprint density at radius 2 is 2.00 bits per heavy atom. The van der Waals surface area contributed by atoms with Crippen molar-refractivity contribution in [3.8, 4) is 0 Å². The summed E-state index contributed by atoms with van der Waals surface area (Å²) in [5.74, 6) is -0.259. The molecule has 0 bridgehead atoms. The standard InChI is InChI=1S/C15H18O2/c1-4-10-17-15(16)12(3)11-14-9-7-6-8-13(14)5-2/h5-9,11H,2,4,10H2,1,3H3/b12-11+. The van der Waals surface area contributed by atoms with Crippen molar-refractivity contribution in [2.24, 2.45) is 0 Å². The van der Waals surface area contributed by atoms with Crippen LogP contribution in [0, 0.1) is 0 Å². The first-order valence-corrected chi connectivity index (χ1v) is 5.76. The second-order valence-electron chi connectivity index (χ2n) is 3.80. The lowest BCUT2D eigenvalue weighted by Gasteiger charge is -2.04. The smallest absolute Gasteiger partial charge is 0.333 e. The fraction of sp³-hybridized carbons (Fsp3) is 0.267. The van der Waals surface area contributed by atoms with Gasteiger partial charge in [-0.05, 0) is 30.5 Å². The van der Waals surface area contributed by atoms with Gasteiger partial charge >= 0.3 is 5.97 Å². The molecule has 0 saturated carbocycles. The summed E-state index contributed by atoms with van der Waals surface area (Å²) in [7, 11) is 0. The van der Waals surface area contributed by atoms with Crippen LogP contribution in [0.4, 0.5) is 0 Å². The molecule has 1 aromatic carbocycles. The summed E-state index contributed by atoms with van der Waals surface area (Å²) in [6.45, 7) is 7.95. The summed E-state index contributed by atoms with van der Waals surface area (Å²) in [4.78, 5) is 11.6. The predicted octanol–water partition coefficient (Wildman–Crippen LogP) is 3.69. The van der Waals surface area contributed by atoms with Crippen molar-refractivity contribution >= 4 is 18.1 Å². The first-order valence-electron chi connectivity index (χ1n) is 5.76. The molecule has 2 nitrogen and oxygen atoms in total. The first-order chi connectivity index (χ1) is 8.19. The number of hydrogen-bond donors (Lipinski definition) is 0. The van der Waals surface area contributed by atoms with Crippen LogP contribution >= 0.6 is 0 Å². The molecule has 0 amide bonds. The van der Waals surface area contributed by atoms with Gasteiger partial charge in [0.05, 0.1) is 6.61 Å². The second-order valence-corrected chi connectivity index (χ2v) is 3.80. The topological polar surface area (TPSA) is 26.3 Å². The molecular weight excluding hydrogens is 212 g/mol. The highest BCUT2D eigenvalue weighted by atomic mass is 16.5. The maximum absolute atomic E-state index is 11.6. The number of esters is 1. The average Bonchev–Trinajstić information content (AvgIpc) is 2.36. The van der Waals surface area contributed by atoms with E-state index in [1.54, 1.807) is 13.0 Å². The third-order valence-electron chi connectivity index (χ3n) is 2.35. The third kappa shape index (κ3) is 3.91. The Kier molecular flexibility index (Phi) is 5.21. The third-order valence-corrected chi connectivity index (χ3v) is 2.35. The van der Waals surface area contributed by atoms with Gasteiger partial charge < -0.3 is 4.74 Å². The van der Waals surface area contributed by atoms with Gasteiger partial charge in [-0.2, -0.15) is 0 Å². The highest BCUT2D eigenvalue weighted by Gasteiger charge is 2.05. The number of benzene rings is 1. The van der Waals surface area contributed by atoms with E-state index in [4.69, 9.17) is 4.74 Å². The van der Waals surface area contributed by atoms with Gasteiger partial charge in [-0.1, -0.05) is 43.8 Å². The quantitative estimate of drug-likeness (QED) is 0.569. The van der Waals surface area contributed by atoms with Gasteiger partial charge in [0.25, 0.3) is 0 Å². The van der Waals surface area contributed by atoms with E-state index in [-0.39, 0.29) is 5.97 Å². The van der Waals surface area contributed by atoms with Crippen molar-refractivity contribution in [2.45, 2.75) is 20.3 Å². The number of hydrogen-bond acceptors (Lipinski definition) is 2. The van der Waals surface area contributed by atoms with Crippen molar-refractivity contribution in [1.82, 2.24) is 0 Å². The second kappa shape index (κ2) is 6.69. The van der Waals surface area contributed by atoms with Gasteiger partial charge in [0.1, 0.15) is 0 Å². The lowest BCUT2D eigenvalue weighted by Crippen LogP contribution is -2.06. The maximum atomic E-state index is 11.6. The largest absolute Gasteiger partial charge is 0.462 e. The molecule has 1 aromatic rings. The SMILES string of the molecule is C=Cc1ccccc1/C=C(\C)C(=O)OCCC. The molecule has 1 rings (SSSR count). The van der Waals surface area contributed by atoms with Crippen LogP contribution < -0.4 is 0 Å². The van der Waals surface area contributed by atoms with Crippen LogP contribution in [0.25, 0.3) is 12.2 Å². The summed E-state index contributed by atoms with van der Waals surface area (Å²) in [6.07, 6.45) is 4.44.